The number of amides is 1. The molecule has 1 N–H and O–H groups in total. The number of ether oxygens (including phenoxy) is 1. The van der Waals surface area contributed by atoms with Gasteiger partial charge in [0, 0.05) is 30.2 Å². The SMILES string of the molecule is O=C(c1ccccc1OC(F)(F)C(F)F)N1CC[C@@H](Nc2nc3ccc(Cl)cc3o2)C1. The first-order valence-corrected chi connectivity index (χ1v) is 9.66. The topological polar surface area (TPSA) is 67.6 Å². The fraction of sp³-hybridized carbons (Fsp3) is 0.300. The molecule has 1 aliphatic rings. The first-order chi connectivity index (χ1) is 14.7. The summed E-state index contributed by atoms with van der Waals surface area (Å²) in [5, 5.41) is 3.59. The molecule has 1 atom stereocenters. The normalized spacial score (nSPS) is 16.8. The highest BCUT2D eigenvalue weighted by Crippen LogP contribution is 2.31. The maximum Gasteiger partial charge on any atom is 0.461 e. The molecule has 0 spiro atoms. The lowest BCUT2D eigenvalue weighted by atomic mass is 10.1. The number of nitrogens with one attached hydrogen (secondary N) is 1. The van der Waals surface area contributed by atoms with Crippen LogP contribution in [0.25, 0.3) is 11.1 Å². The van der Waals surface area contributed by atoms with E-state index in [2.05, 4.69) is 15.0 Å². The zero-order chi connectivity index (χ0) is 22.2. The van der Waals surface area contributed by atoms with E-state index < -0.39 is 24.2 Å². The first kappa shape index (κ1) is 21.2. The minimum atomic E-state index is -4.71. The Morgan fingerprint density at radius 2 is 2.06 bits per heavy atom. The molecule has 2 heterocycles. The van der Waals surface area contributed by atoms with Crippen LogP contribution in [0.3, 0.4) is 0 Å². The minimum absolute atomic E-state index is 0.205. The van der Waals surface area contributed by atoms with Gasteiger partial charge in [0.2, 0.25) is 0 Å². The van der Waals surface area contributed by atoms with Crippen molar-refractivity contribution in [2.24, 2.45) is 0 Å². The van der Waals surface area contributed by atoms with E-state index in [0.29, 0.717) is 29.1 Å². The molecule has 1 aliphatic heterocycles. The van der Waals surface area contributed by atoms with Crippen molar-refractivity contribution in [3.63, 3.8) is 0 Å². The molecule has 0 aliphatic carbocycles. The zero-order valence-corrected chi connectivity index (χ0v) is 16.6. The van der Waals surface area contributed by atoms with Crippen molar-refractivity contribution in [3.05, 3.63) is 53.1 Å². The van der Waals surface area contributed by atoms with E-state index in [1.165, 1.54) is 23.1 Å². The van der Waals surface area contributed by atoms with Crippen LogP contribution in [0, 0.1) is 0 Å². The number of likely N-dealkylation sites (tertiary alicyclic amines) is 1. The molecule has 0 unspecified atom stereocenters. The Hall–Kier alpha value is -3.01. The second-order valence-electron chi connectivity index (χ2n) is 6.97. The van der Waals surface area contributed by atoms with Crippen LogP contribution < -0.4 is 10.1 Å². The van der Waals surface area contributed by atoms with E-state index in [4.69, 9.17) is 16.0 Å². The van der Waals surface area contributed by atoms with Gasteiger partial charge in [-0.3, -0.25) is 4.79 Å². The number of aromatic nitrogens is 1. The average Bonchev–Trinajstić information content (AvgIpc) is 3.34. The third-order valence-electron chi connectivity index (χ3n) is 4.77. The van der Waals surface area contributed by atoms with Gasteiger partial charge in [0.25, 0.3) is 11.9 Å². The Bertz CT molecular complexity index is 1110. The predicted octanol–water partition coefficient (Wildman–Crippen LogP) is 5.04. The van der Waals surface area contributed by atoms with Gasteiger partial charge in [-0.05, 0) is 30.7 Å². The third-order valence-corrected chi connectivity index (χ3v) is 5.01. The molecule has 1 saturated heterocycles. The average molecular weight is 458 g/mol. The number of carbonyl (C=O) groups excluding carboxylic acids is 1. The maximum absolute atomic E-state index is 13.3. The number of nitrogens with zero attached hydrogens (tertiary/aromatic N) is 2. The van der Waals surface area contributed by atoms with Gasteiger partial charge >= 0.3 is 12.5 Å². The van der Waals surface area contributed by atoms with Gasteiger partial charge in [-0.25, -0.2) is 0 Å². The number of hydrogen-bond acceptors (Lipinski definition) is 5. The molecular formula is C20H16ClF4N3O3. The largest absolute Gasteiger partial charge is 0.461 e. The van der Waals surface area contributed by atoms with Crippen LogP contribution in [0.1, 0.15) is 16.8 Å². The monoisotopic (exact) mass is 457 g/mol. The van der Waals surface area contributed by atoms with Crippen molar-refractivity contribution >= 4 is 34.6 Å². The van der Waals surface area contributed by atoms with Gasteiger partial charge in [-0.1, -0.05) is 23.7 Å². The van der Waals surface area contributed by atoms with Crippen molar-refractivity contribution in [1.29, 1.82) is 0 Å². The second kappa shape index (κ2) is 8.26. The van der Waals surface area contributed by atoms with E-state index in [0.717, 1.165) is 6.07 Å². The molecule has 1 fully saturated rings. The number of oxazole rings is 1. The molecule has 4 rings (SSSR count). The molecule has 31 heavy (non-hydrogen) atoms. The smallest absolute Gasteiger partial charge is 0.427 e. The number of para-hydroxylation sites is 1. The fourth-order valence-corrected chi connectivity index (χ4v) is 3.45. The highest BCUT2D eigenvalue weighted by Gasteiger charge is 2.45. The fourth-order valence-electron chi connectivity index (χ4n) is 3.29. The van der Waals surface area contributed by atoms with Crippen LogP contribution in [0.5, 0.6) is 5.75 Å². The molecule has 6 nitrogen and oxygen atoms in total. The lowest BCUT2D eigenvalue weighted by Crippen LogP contribution is -2.35. The summed E-state index contributed by atoms with van der Waals surface area (Å²) in [6, 6.07) is 10.2. The van der Waals surface area contributed by atoms with Gasteiger partial charge in [0.15, 0.2) is 5.58 Å². The molecule has 2 aromatic carbocycles. The summed E-state index contributed by atoms with van der Waals surface area (Å²) in [5.74, 6) is -1.21. The number of fused-ring (bicyclic) bond motifs is 1. The summed E-state index contributed by atoms with van der Waals surface area (Å²) < 4.78 is 61.4. The van der Waals surface area contributed by atoms with Crippen LogP contribution in [0.4, 0.5) is 23.6 Å². The predicted molar refractivity (Wildman–Crippen MR) is 105 cm³/mol. The summed E-state index contributed by atoms with van der Waals surface area (Å²) in [6.07, 6.45) is -8.19. The molecule has 164 valence electrons. The summed E-state index contributed by atoms with van der Waals surface area (Å²) in [5.41, 5.74) is 0.899. The summed E-state index contributed by atoms with van der Waals surface area (Å²) >= 11 is 5.93. The molecule has 3 aromatic rings. The van der Waals surface area contributed by atoms with Crippen LogP contribution in [0.15, 0.2) is 46.9 Å². The Morgan fingerprint density at radius 1 is 1.29 bits per heavy atom. The summed E-state index contributed by atoms with van der Waals surface area (Å²) in [6.45, 7) is 0.556. The summed E-state index contributed by atoms with van der Waals surface area (Å²) in [7, 11) is 0. The van der Waals surface area contributed by atoms with E-state index in [9.17, 15) is 22.4 Å². The Balaban J connectivity index is 1.45. The molecule has 11 heteroatoms. The highest BCUT2D eigenvalue weighted by atomic mass is 35.5. The number of benzene rings is 2. The molecule has 0 bridgehead atoms. The third kappa shape index (κ3) is 4.53. The number of halogens is 5. The molecular weight excluding hydrogens is 442 g/mol. The highest BCUT2D eigenvalue weighted by molar-refractivity contribution is 6.31. The maximum atomic E-state index is 13.3. The van der Waals surface area contributed by atoms with Gasteiger partial charge < -0.3 is 19.4 Å². The second-order valence-corrected chi connectivity index (χ2v) is 7.41. The number of hydrogen-bond donors (Lipinski definition) is 1. The quantitative estimate of drug-likeness (QED) is 0.525. The number of anilines is 1. The van der Waals surface area contributed by atoms with Crippen LogP contribution in [-0.4, -0.2) is 47.5 Å². The molecule has 1 aromatic heterocycles. The Kier molecular flexibility index (Phi) is 5.65. The van der Waals surface area contributed by atoms with E-state index in [1.807, 2.05) is 0 Å². The van der Waals surface area contributed by atoms with Crippen LogP contribution in [-0.2, 0) is 0 Å². The van der Waals surface area contributed by atoms with Gasteiger partial charge in [0.1, 0.15) is 11.3 Å². The minimum Gasteiger partial charge on any atom is -0.427 e. The molecule has 1 amide bonds. The van der Waals surface area contributed by atoms with Crippen molar-refractivity contribution in [1.82, 2.24) is 9.88 Å². The number of carbonyl (C=O) groups is 1. The lowest BCUT2D eigenvalue weighted by molar-refractivity contribution is -0.253. The first-order valence-electron chi connectivity index (χ1n) is 9.29. The van der Waals surface area contributed by atoms with Crippen LogP contribution in [0.2, 0.25) is 5.02 Å². The standard InChI is InChI=1S/C20H16ClF4N3O3/c21-11-5-6-14-16(9-11)30-19(27-14)26-12-7-8-28(10-12)17(29)13-3-1-2-4-15(13)31-20(24,25)18(22)23/h1-6,9,12,18H,7-8,10H2,(H,26,27)/t12-/m1/s1. The van der Waals surface area contributed by atoms with Crippen molar-refractivity contribution in [2.45, 2.75) is 25.0 Å². The van der Waals surface area contributed by atoms with E-state index in [1.54, 1.807) is 18.2 Å². The summed E-state index contributed by atoms with van der Waals surface area (Å²) in [4.78, 5) is 18.6. The van der Waals surface area contributed by atoms with Crippen LogP contribution >= 0.6 is 11.6 Å². The van der Waals surface area contributed by atoms with Crippen molar-refractivity contribution in [3.8, 4) is 5.75 Å². The lowest BCUT2D eigenvalue weighted by Gasteiger charge is -2.21. The van der Waals surface area contributed by atoms with Crippen molar-refractivity contribution < 1.29 is 31.5 Å². The Morgan fingerprint density at radius 3 is 2.84 bits per heavy atom. The van der Waals surface area contributed by atoms with Gasteiger partial charge in [-0.2, -0.15) is 22.5 Å². The molecule has 0 saturated carbocycles. The van der Waals surface area contributed by atoms with Gasteiger partial charge in [0.05, 0.1) is 5.56 Å². The van der Waals surface area contributed by atoms with Gasteiger partial charge in [-0.15, -0.1) is 0 Å². The number of rotatable bonds is 6. The molecule has 0 radical (unpaired) electrons. The van der Waals surface area contributed by atoms with Crippen molar-refractivity contribution in [2.75, 3.05) is 18.4 Å². The zero-order valence-electron chi connectivity index (χ0n) is 15.8. The number of alkyl halides is 4. The van der Waals surface area contributed by atoms with E-state index in [-0.39, 0.29) is 24.2 Å². The Labute approximate surface area is 178 Å². The van der Waals surface area contributed by atoms with E-state index >= 15 is 0 Å².